The van der Waals surface area contributed by atoms with E-state index in [1.54, 1.807) is 6.26 Å². The average molecular weight is 193 g/mol. The molecule has 14 heavy (non-hydrogen) atoms. The number of carbonyl (C=O) groups is 1. The number of hydrogen-bond acceptors (Lipinski definition) is 2. The normalized spacial score (nSPS) is 30.4. The number of furan rings is 1. The monoisotopic (exact) mass is 193 g/mol. The first-order valence-corrected chi connectivity index (χ1v) is 4.81. The van der Waals surface area contributed by atoms with Crippen molar-refractivity contribution >= 4 is 5.91 Å². The summed E-state index contributed by atoms with van der Waals surface area (Å²) in [4.78, 5) is 11.7. The Hall–Kier alpha value is -1.25. The molecule has 1 amide bonds. The molecular weight excluding hydrogens is 178 g/mol. The summed E-state index contributed by atoms with van der Waals surface area (Å²) in [6.07, 6.45) is 2.41. The predicted octanol–water partition coefficient (Wildman–Crippen LogP) is 2.04. The van der Waals surface area contributed by atoms with Crippen LogP contribution in [0.3, 0.4) is 0 Å². The third-order valence-electron chi connectivity index (χ3n) is 2.86. The number of carbonyl (C=O) groups excluding carboxylic acids is 1. The molecule has 1 fully saturated rings. The first-order valence-electron chi connectivity index (χ1n) is 4.81. The lowest BCUT2D eigenvalue weighted by molar-refractivity contribution is -0.126. The van der Waals surface area contributed by atoms with Crippen molar-refractivity contribution in [2.24, 2.45) is 5.41 Å². The second-order valence-corrected chi connectivity index (χ2v) is 4.82. The van der Waals surface area contributed by atoms with E-state index in [9.17, 15) is 4.79 Å². The van der Waals surface area contributed by atoms with E-state index in [1.165, 1.54) is 0 Å². The van der Waals surface area contributed by atoms with Crippen LogP contribution in [0.5, 0.6) is 0 Å². The van der Waals surface area contributed by atoms with Crippen LogP contribution < -0.4 is 5.32 Å². The fraction of sp³-hybridized carbons (Fsp3) is 0.545. The van der Waals surface area contributed by atoms with E-state index >= 15 is 0 Å². The van der Waals surface area contributed by atoms with Crippen LogP contribution in [0.25, 0.3) is 0 Å². The van der Waals surface area contributed by atoms with Gasteiger partial charge in [-0.3, -0.25) is 4.79 Å². The molecule has 0 spiro atoms. The van der Waals surface area contributed by atoms with Crippen LogP contribution in [-0.2, 0) is 10.3 Å². The quantitative estimate of drug-likeness (QED) is 0.741. The van der Waals surface area contributed by atoms with Gasteiger partial charge in [0.05, 0.1) is 11.8 Å². The first-order chi connectivity index (χ1) is 6.44. The Labute approximate surface area is 83.5 Å². The van der Waals surface area contributed by atoms with Crippen LogP contribution in [0.4, 0.5) is 0 Å². The molecule has 1 atom stereocenters. The standard InChI is InChI=1S/C11H15NO2/c1-10(2)7-11(3,12-9(10)13)8-5-4-6-14-8/h4-6H,7H2,1-3H3,(H,12,13). The molecule has 1 N–H and O–H groups in total. The van der Waals surface area contributed by atoms with Crippen molar-refractivity contribution in [1.29, 1.82) is 0 Å². The smallest absolute Gasteiger partial charge is 0.226 e. The van der Waals surface area contributed by atoms with E-state index in [2.05, 4.69) is 5.32 Å². The molecule has 3 heteroatoms. The van der Waals surface area contributed by atoms with Crippen molar-refractivity contribution in [3.63, 3.8) is 0 Å². The molecule has 1 aromatic rings. The van der Waals surface area contributed by atoms with Gasteiger partial charge in [-0.1, -0.05) is 13.8 Å². The average Bonchev–Trinajstić information content (AvgIpc) is 2.59. The third-order valence-corrected chi connectivity index (χ3v) is 2.86. The fourth-order valence-electron chi connectivity index (χ4n) is 2.17. The van der Waals surface area contributed by atoms with E-state index in [4.69, 9.17) is 4.42 Å². The minimum atomic E-state index is -0.343. The highest BCUT2D eigenvalue weighted by molar-refractivity contribution is 5.85. The molecule has 1 aliphatic rings. The second-order valence-electron chi connectivity index (χ2n) is 4.82. The maximum Gasteiger partial charge on any atom is 0.226 e. The molecule has 0 aliphatic carbocycles. The zero-order valence-corrected chi connectivity index (χ0v) is 8.76. The maximum atomic E-state index is 11.7. The summed E-state index contributed by atoms with van der Waals surface area (Å²) in [7, 11) is 0. The molecule has 3 nitrogen and oxygen atoms in total. The third kappa shape index (κ3) is 1.24. The first kappa shape index (κ1) is 9.31. The van der Waals surface area contributed by atoms with E-state index in [0.29, 0.717) is 0 Å². The summed E-state index contributed by atoms with van der Waals surface area (Å²) in [6, 6.07) is 3.75. The SMILES string of the molecule is CC1(C)CC(C)(c2ccco2)NC1=O. The van der Waals surface area contributed by atoms with E-state index < -0.39 is 0 Å². The van der Waals surface area contributed by atoms with Gasteiger partial charge in [0.1, 0.15) is 5.76 Å². The molecular formula is C11H15NO2. The molecule has 1 aromatic heterocycles. The molecule has 0 radical (unpaired) electrons. The number of nitrogens with one attached hydrogen (secondary N) is 1. The van der Waals surface area contributed by atoms with Gasteiger partial charge < -0.3 is 9.73 Å². The van der Waals surface area contributed by atoms with Crippen LogP contribution in [0.2, 0.25) is 0 Å². The van der Waals surface area contributed by atoms with Crippen LogP contribution in [-0.4, -0.2) is 5.91 Å². The Balaban J connectivity index is 2.34. The Kier molecular flexibility index (Phi) is 1.74. The second kappa shape index (κ2) is 2.62. The number of rotatable bonds is 1. The highest BCUT2D eigenvalue weighted by Crippen LogP contribution is 2.41. The molecule has 76 valence electrons. The van der Waals surface area contributed by atoms with Gasteiger partial charge in [0, 0.05) is 5.41 Å². The fourth-order valence-corrected chi connectivity index (χ4v) is 2.17. The summed E-state index contributed by atoms with van der Waals surface area (Å²) in [5, 5.41) is 2.99. The minimum Gasteiger partial charge on any atom is -0.467 e. The van der Waals surface area contributed by atoms with Crippen LogP contribution >= 0.6 is 0 Å². The van der Waals surface area contributed by atoms with Crippen molar-refractivity contribution in [1.82, 2.24) is 5.32 Å². The molecule has 2 heterocycles. The summed E-state index contributed by atoms with van der Waals surface area (Å²) >= 11 is 0. The molecule has 2 rings (SSSR count). The highest BCUT2D eigenvalue weighted by atomic mass is 16.3. The molecule has 1 aliphatic heterocycles. The molecule has 1 saturated heterocycles. The van der Waals surface area contributed by atoms with Gasteiger partial charge in [-0.05, 0) is 25.5 Å². The van der Waals surface area contributed by atoms with Crippen LogP contribution in [0.15, 0.2) is 22.8 Å². The lowest BCUT2D eigenvalue weighted by atomic mass is 9.83. The largest absolute Gasteiger partial charge is 0.467 e. The van der Waals surface area contributed by atoms with Crippen LogP contribution in [0, 0.1) is 5.41 Å². The zero-order valence-electron chi connectivity index (χ0n) is 8.76. The van der Waals surface area contributed by atoms with Gasteiger partial charge in [-0.25, -0.2) is 0 Å². The van der Waals surface area contributed by atoms with Crippen molar-refractivity contribution in [3.05, 3.63) is 24.2 Å². The molecule has 0 saturated carbocycles. The van der Waals surface area contributed by atoms with Crippen molar-refractivity contribution < 1.29 is 9.21 Å². The van der Waals surface area contributed by atoms with E-state index in [-0.39, 0.29) is 16.9 Å². The van der Waals surface area contributed by atoms with Gasteiger partial charge in [0.15, 0.2) is 0 Å². The minimum absolute atomic E-state index is 0.0939. The molecule has 0 bridgehead atoms. The Morgan fingerprint density at radius 1 is 1.43 bits per heavy atom. The summed E-state index contributed by atoms with van der Waals surface area (Å²) in [5.41, 5.74) is -0.647. The van der Waals surface area contributed by atoms with Crippen LogP contribution in [0.1, 0.15) is 33.0 Å². The Morgan fingerprint density at radius 3 is 2.57 bits per heavy atom. The van der Waals surface area contributed by atoms with Gasteiger partial charge in [0.25, 0.3) is 0 Å². The van der Waals surface area contributed by atoms with Gasteiger partial charge >= 0.3 is 0 Å². The van der Waals surface area contributed by atoms with E-state index in [0.717, 1.165) is 12.2 Å². The summed E-state index contributed by atoms with van der Waals surface area (Å²) < 4.78 is 5.35. The topological polar surface area (TPSA) is 42.2 Å². The lowest BCUT2D eigenvalue weighted by Gasteiger charge is -2.22. The van der Waals surface area contributed by atoms with E-state index in [1.807, 2.05) is 32.9 Å². The number of hydrogen-bond donors (Lipinski definition) is 1. The van der Waals surface area contributed by atoms with Gasteiger partial charge in [-0.2, -0.15) is 0 Å². The van der Waals surface area contributed by atoms with Gasteiger partial charge in [-0.15, -0.1) is 0 Å². The van der Waals surface area contributed by atoms with Crippen molar-refractivity contribution in [2.45, 2.75) is 32.7 Å². The van der Waals surface area contributed by atoms with Crippen molar-refractivity contribution in [2.75, 3.05) is 0 Å². The molecule has 0 aromatic carbocycles. The van der Waals surface area contributed by atoms with Gasteiger partial charge in [0.2, 0.25) is 5.91 Å². The maximum absolute atomic E-state index is 11.7. The summed E-state index contributed by atoms with van der Waals surface area (Å²) in [5.74, 6) is 0.924. The zero-order chi connectivity index (χ0) is 10.4. The Morgan fingerprint density at radius 2 is 2.14 bits per heavy atom. The molecule has 1 unspecified atom stereocenters. The summed E-state index contributed by atoms with van der Waals surface area (Å²) in [6.45, 7) is 5.91. The Bertz CT molecular complexity index is 353. The lowest BCUT2D eigenvalue weighted by Crippen LogP contribution is -2.35. The predicted molar refractivity (Wildman–Crippen MR) is 52.6 cm³/mol. The number of amides is 1. The highest BCUT2D eigenvalue weighted by Gasteiger charge is 2.48. The van der Waals surface area contributed by atoms with Crippen molar-refractivity contribution in [3.8, 4) is 0 Å².